The van der Waals surface area contributed by atoms with Crippen LogP contribution in [0.2, 0.25) is 0 Å². The summed E-state index contributed by atoms with van der Waals surface area (Å²) in [5.41, 5.74) is 3.69. The van der Waals surface area contributed by atoms with Crippen LogP contribution in [0, 0.1) is 0 Å². The van der Waals surface area contributed by atoms with Crippen molar-refractivity contribution in [1.82, 2.24) is 19.8 Å². The Morgan fingerprint density at radius 2 is 2.07 bits per heavy atom. The van der Waals surface area contributed by atoms with Gasteiger partial charge in [-0.25, -0.2) is 9.97 Å². The number of carbonyl (C=O) groups excluding carboxylic acids is 1. The van der Waals surface area contributed by atoms with E-state index in [1.165, 1.54) is 16.8 Å². The number of ether oxygens (including phenoxy) is 1. The highest BCUT2D eigenvalue weighted by Crippen LogP contribution is 2.27. The Hall–Kier alpha value is -2.47. The van der Waals surface area contributed by atoms with Crippen LogP contribution in [-0.4, -0.2) is 52.4 Å². The molecule has 148 valence electrons. The molecule has 0 aliphatic carbocycles. The summed E-state index contributed by atoms with van der Waals surface area (Å²) in [7, 11) is 1.70. The lowest BCUT2D eigenvalue weighted by Gasteiger charge is -2.32. The summed E-state index contributed by atoms with van der Waals surface area (Å²) in [6.45, 7) is 6.07. The van der Waals surface area contributed by atoms with E-state index in [4.69, 9.17) is 14.7 Å². The lowest BCUT2D eigenvalue weighted by Crippen LogP contribution is -2.37. The molecule has 0 unspecified atom stereocenters. The topological polar surface area (TPSA) is 58.6 Å². The number of fused-ring (bicyclic) bond motifs is 1. The smallest absolute Gasteiger partial charge is 0.219 e. The van der Waals surface area contributed by atoms with Crippen molar-refractivity contribution in [3.05, 3.63) is 53.1 Å². The van der Waals surface area contributed by atoms with E-state index in [-0.39, 0.29) is 5.91 Å². The molecule has 28 heavy (non-hydrogen) atoms. The molecule has 2 aromatic rings. The van der Waals surface area contributed by atoms with Crippen LogP contribution in [-0.2, 0) is 24.3 Å². The first-order valence-electron chi connectivity index (χ1n) is 10.1. The zero-order chi connectivity index (χ0) is 19.5. The van der Waals surface area contributed by atoms with Gasteiger partial charge < -0.3 is 9.64 Å². The zero-order valence-corrected chi connectivity index (χ0v) is 16.7. The van der Waals surface area contributed by atoms with Crippen molar-refractivity contribution in [3.8, 4) is 5.75 Å². The van der Waals surface area contributed by atoms with Gasteiger partial charge in [-0.2, -0.15) is 0 Å². The molecule has 1 aromatic carbocycles. The highest BCUT2D eigenvalue weighted by Gasteiger charge is 2.26. The number of piperidine rings is 1. The van der Waals surface area contributed by atoms with Crippen LogP contribution in [0.1, 0.15) is 48.3 Å². The maximum absolute atomic E-state index is 11.5. The summed E-state index contributed by atoms with van der Waals surface area (Å²) in [6, 6.07) is 8.26. The monoisotopic (exact) mass is 380 g/mol. The van der Waals surface area contributed by atoms with Gasteiger partial charge >= 0.3 is 0 Å². The third-order valence-corrected chi connectivity index (χ3v) is 5.88. The fourth-order valence-electron chi connectivity index (χ4n) is 4.20. The van der Waals surface area contributed by atoms with Crippen LogP contribution in [0.25, 0.3) is 0 Å². The van der Waals surface area contributed by atoms with E-state index in [1.54, 1.807) is 14.0 Å². The van der Waals surface area contributed by atoms with Crippen molar-refractivity contribution < 1.29 is 9.53 Å². The molecular formula is C22H28N4O2. The third kappa shape index (κ3) is 4.17. The van der Waals surface area contributed by atoms with E-state index in [1.807, 2.05) is 23.2 Å². The van der Waals surface area contributed by atoms with Crippen molar-refractivity contribution in [2.75, 3.05) is 26.7 Å². The number of carbonyl (C=O) groups is 1. The molecule has 1 aromatic heterocycles. The van der Waals surface area contributed by atoms with Gasteiger partial charge in [0.2, 0.25) is 5.91 Å². The van der Waals surface area contributed by atoms with Crippen molar-refractivity contribution >= 4 is 5.91 Å². The highest BCUT2D eigenvalue weighted by molar-refractivity contribution is 5.73. The number of amides is 1. The number of nitrogens with zero attached hydrogens (tertiary/aromatic N) is 4. The molecule has 0 N–H and O–H groups in total. The Kier molecular flexibility index (Phi) is 5.57. The number of likely N-dealkylation sites (tertiary alicyclic amines) is 1. The van der Waals surface area contributed by atoms with Crippen molar-refractivity contribution in [2.45, 2.75) is 45.2 Å². The van der Waals surface area contributed by atoms with Crippen molar-refractivity contribution in [1.29, 1.82) is 0 Å². The van der Waals surface area contributed by atoms with E-state index < -0.39 is 0 Å². The highest BCUT2D eigenvalue weighted by atomic mass is 16.5. The van der Waals surface area contributed by atoms with Crippen LogP contribution in [0.15, 0.2) is 30.5 Å². The minimum atomic E-state index is 0.168. The van der Waals surface area contributed by atoms with E-state index in [2.05, 4.69) is 17.0 Å². The second kappa shape index (κ2) is 8.27. The number of hydrogen-bond donors (Lipinski definition) is 0. The molecule has 3 heterocycles. The molecule has 1 amide bonds. The first-order valence-corrected chi connectivity index (χ1v) is 10.1. The average Bonchev–Trinajstić information content (AvgIpc) is 2.73. The average molecular weight is 380 g/mol. The minimum Gasteiger partial charge on any atom is -0.497 e. The van der Waals surface area contributed by atoms with E-state index in [0.717, 1.165) is 63.6 Å². The maximum atomic E-state index is 11.5. The normalized spacial score (nSPS) is 18.0. The molecule has 0 bridgehead atoms. The van der Waals surface area contributed by atoms with Crippen molar-refractivity contribution in [2.24, 2.45) is 0 Å². The second-order valence-electron chi connectivity index (χ2n) is 7.79. The molecule has 1 fully saturated rings. The van der Waals surface area contributed by atoms with E-state index in [0.29, 0.717) is 5.92 Å². The molecule has 2 aliphatic rings. The van der Waals surface area contributed by atoms with Gasteiger partial charge in [0.05, 0.1) is 7.11 Å². The standard InChI is InChI=1S/C22H28N4O2/c1-16(27)26-10-6-18(7-11-26)22-23-13-19-15-25(9-8-21(19)24-22)14-17-4-3-5-20(12-17)28-2/h3-5,12-13,18H,6-11,14-15H2,1-2H3. The molecule has 0 spiro atoms. The van der Waals surface area contributed by atoms with Gasteiger partial charge in [-0.1, -0.05) is 12.1 Å². The Bertz CT molecular complexity index is 846. The first kappa shape index (κ1) is 18.9. The Balaban J connectivity index is 1.40. The largest absolute Gasteiger partial charge is 0.497 e. The number of methoxy groups -OCH3 is 1. The molecule has 1 saturated heterocycles. The Morgan fingerprint density at radius 1 is 1.25 bits per heavy atom. The van der Waals surface area contributed by atoms with Crippen LogP contribution in [0.4, 0.5) is 0 Å². The predicted molar refractivity (Wildman–Crippen MR) is 107 cm³/mol. The SMILES string of the molecule is COc1cccc(CN2CCc3nc(C4CCN(C(C)=O)CC4)ncc3C2)c1. The van der Waals surface area contributed by atoms with Gasteiger partial charge in [-0.15, -0.1) is 0 Å². The van der Waals surface area contributed by atoms with Gasteiger partial charge in [-0.3, -0.25) is 9.69 Å². The number of aromatic nitrogens is 2. The minimum absolute atomic E-state index is 0.168. The van der Waals surface area contributed by atoms with Gasteiger partial charge in [0.25, 0.3) is 0 Å². The molecule has 0 radical (unpaired) electrons. The number of rotatable bonds is 4. The van der Waals surface area contributed by atoms with Gasteiger partial charge in [0.15, 0.2) is 0 Å². The summed E-state index contributed by atoms with van der Waals surface area (Å²) >= 11 is 0. The lowest BCUT2D eigenvalue weighted by atomic mass is 9.95. The zero-order valence-electron chi connectivity index (χ0n) is 16.7. The van der Waals surface area contributed by atoms with Crippen LogP contribution in [0.5, 0.6) is 5.75 Å². The predicted octanol–water partition coefficient (Wildman–Crippen LogP) is 2.77. The number of hydrogen-bond acceptors (Lipinski definition) is 5. The summed E-state index contributed by atoms with van der Waals surface area (Å²) in [5, 5.41) is 0. The fraction of sp³-hybridized carbons (Fsp3) is 0.500. The van der Waals surface area contributed by atoms with Crippen LogP contribution < -0.4 is 4.74 Å². The third-order valence-electron chi connectivity index (χ3n) is 5.88. The summed E-state index contributed by atoms with van der Waals surface area (Å²) in [6.07, 6.45) is 4.90. The quantitative estimate of drug-likeness (QED) is 0.816. The van der Waals surface area contributed by atoms with E-state index in [9.17, 15) is 4.79 Å². The van der Waals surface area contributed by atoms with Gasteiger partial charge in [-0.05, 0) is 30.5 Å². The molecule has 0 atom stereocenters. The van der Waals surface area contributed by atoms with E-state index >= 15 is 0 Å². The molecule has 6 heteroatoms. The Labute approximate surface area is 166 Å². The van der Waals surface area contributed by atoms with Gasteiger partial charge in [0, 0.05) is 69.4 Å². The van der Waals surface area contributed by atoms with Crippen molar-refractivity contribution in [3.63, 3.8) is 0 Å². The maximum Gasteiger partial charge on any atom is 0.219 e. The van der Waals surface area contributed by atoms with Crippen LogP contribution in [0.3, 0.4) is 0 Å². The first-order chi connectivity index (χ1) is 13.6. The molecule has 0 saturated carbocycles. The molecule has 4 rings (SSSR count). The fourth-order valence-corrected chi connectivity index (χ4v) is 4.20. The summed E-state index contributed by atoms with van der Waals surface area (Å²) < 4.78 is 5.33. The Morgan fingerprint density at radius 3 is 2.82 bits per heavy atom. The molecule has 2 aliphatic heterocycles. The van der Waals surface area contributed by atoms with Gasteiger partial charge in [0.1, 0.15) is 11.6 Å². The molecular weight excluding hydrogens is 352 g/mol. The number of benzene rings is 1. The summed E-state index contributed by atoms with van der Waals surface area (Å²) in [4.78, 5) is 25.5. The summed E-state index contributed by atoms with van der Waals surface area (Å²) in [5.74, 6) is 2.40. The second-order valence-corrected chi connectivity index (χ2v) is 7.79. The van der Waals surface area contributed by atoms with Crippen LogP contribution >= 0.6 is 0 Å². The molecule has 6 nitrogen and oxygen atoms in total. The lowest BCUT2D eigenvalue weighted by molar-refractivity contribution is -0.129.